The van der Waals surface area contributed by atoms with Gasteiger partial charge in [0.05, 0.1) is 16.3 Å². The summed E-state index contributed by atoms with van der Waals surface area (Å²) in [7, 11) is 0. The molecule has 0 radical (unpaired) electrons. The van der Waals surface area contributed by atoms with Crippen LogP contribution in [-0.4, -0.2) is 14.3 Å². The molecule has 0 N–H and O–H groups in total. The van der Waals surface area contributed by atoms with E-state index >= 15 is 0 Å². The lowest BCUT2D eigenvalue weighted by Crippen LogP contribution is -2.11. The highest BCUT2D eigenvalue weighted by atomic mass is 16.6. The summed E-state index contributed by atoms with van der Waals surface area (Å²) >= 11 is 0. The second-order valence-corrected chi connectivity index (χ2v) is 7.35. The van der Waals surface area contributed by atoms with Crippen LogP contribution in [0, 0.1) is 24.0 Å². The molecule has 0 aliphatic carbocycles. The fourth-order valence-electron chi connectivity index (χ4n) is 2.71. The van der Waals surface area contributed by atoms with Gasteiger partial charge in [-0.3, -0.25) is 14.5 Å². The van der Waals surface area contributed by atoms with Crippen molar-refractivity contribution in [1.29, 1.82) is 0 Å². The van der Waals surface area contributed by atoms with Crippen LogP contribution in [0.3, 0.4) is 0 Å². The van der Waals surface area contributed by atoms with Crippen molar-refractivity contribution in [2.45, 2.75) is 40.0 Å². The number of non-ortho nitro benzene ring substituents is 1. The molecule has 3 aromatic rings. The molecule has 7 nitrogen and oxygen atoms in total. The number of pyridine rings is 1. The van der Waals surface area contributed by atoms with E-state index in [0.29, 0.717) is 11.5 Å². The Morgan fingerprint density at radius 2 is 1.85 bits per heavy atom. The van der Waals surface area contributed by atoms with Crippen molar-refractivity contribution in [2.75, 3.05) is 0 Å². The Balaban J connectivity index is 2.17. The molecule has 0 fully saturated rings. The van der Waals surface area contributed by atoms with Gasteiger partial charge in [-0.15, -0.1) is 10.2 Å². The van der Waals surface area contributed by atoms with Gasteiger partial charge < -0.3 is 0 Å². The predicted octanol–water partition coefficient (Wildman–Crippen LogP) is 5.57. The van der Waals surface area contributed by atoms with E-state index < -0.39 is 4.92 Å². The van der Waals surface area contributed by atoms with Gasteiger partial charge in [-0.25, -0.2) is 4.98 Å². The number of hydrogen-bond acceptors (Lipinski definition) is 5. The summed E-state index contributed by atoms with van der Waals surface area (Å²) in [6.45, 7) is 10.1. The van der Waals surface area contributed by atoms with Crippen molar-refractivity contribution in [3.05, 3.63) is 63.5 Å². The number of benzene rings is 1. The molecule has 0 bridgehead atoms. The normalized spacial score (nSPS) is 12.2. The highest BCUT2D eigenvalue weighted by Crippen LogP contribution is 2.34. The number of imidazole rings is 1. The van der Waals surface area contributed by atoms with Crippen LogP contribution >= 0.6 is 0 Å². The number of nitro benzene ring substituents is 1. The van der Waals surface area contributed by atoms with Crippen LogP contribution < -0.4 is 0 Å². The van der Waals surface area contributed by atoms with E-state index in [1.54, 1.807) is 6.07 Å². The zero-order valence-corrected chi connectivity index (χ0v) is 15.5. The van der Waals surface area contributed by atoms with Gasteiger partial charge in [-0.2, -0.15) is 0 Å². The number of rotatable bonds is 3. The Bertz CT molecular complexity index is 1030. The summed E-state index contributed by atoms with van der Waals surface area (Å²) in [4.78, 5) is 15.3. The fraction of sp³-hybridized carbons (Fsp3) is 0.316. The molecule has 134 valence electrons. The third-order valence-electron chi connectivity index (χ3n) is 4.19. The summed E-state index contributed by atoms with van der Waals surface area (Å²) in [6.07, 6.45) is 1.90. The maximum atomic E-state index is 11.0. The number of hydrogen-bond donors (Lipinski definition) is 0. The van der Waals surface area contributed by atoms with E-state index in [4.69, 9.17) is 4.98 Å². The highest BCUT2D eigenvalue weighted by Gasteiger charge is 2.24. The first-order valence-electron chi connectivity index (χ1n) is 8.33. The fourth-order valence-corrected chi connectivity index (χ4v) is 2.71. The van der Waals surface area contributed by atoms with Crippen molar-refractivity contribution in [3.63, 3.8) is 0 Å². The van der Waals surface area contributed by atoms with Crippen molar-refractivity contribution in [2.24, 2.45) is 10.2 Å². The molecule has 0 atom stereocenters. The molecular formula is C19H21N5O2. The first-order chi connectivity index (χ1) is 12.2. The highest BCUT2D eigenvalue weighted by molar-refractivity contribution is 5.59. The van der Waals surface area contributed by atoms with E-state index in [-0.39, 0.29) is 11.1 Å². The Labute approximate surface area is 151 Å². The van der Waals surface area contributed by atoms with E-state index in [9.17, 15) is 10.1 Å². The van der Waals surface area contributed by atoms with Crippen molar-refractivity contribution < 1.29 is 4.92 Å². The molecule has 0 amide bonds. The molecule has 0 aliphatic rings. The molecule has 0 spiro atoms. The number of nitrogens with zero attached hydrogens (tertiary/aromatic N) is 5. The standard InChI is InChI=1S/C19H21N5O2/c1-12-8-9-14(24(25)26)11-15(12)21-22-18-16(19(3,4)5)20-17-13(2)7-6-10-23(17)18/h6-11H,1-5H3. The van der Waals surface area contributed by atoms with Gasteiger partial charge in [0.25, 0.3) is 5.69 Å². The van der Waals surface area contributed by atoms with Gasteiger partial charge in [-0.1, -0.05) is 32.9 Å². The maximum Gasteiger partial charge on any atom is 0.271 e. The SMILES string of the molecule is Cc1ccc([N+](=O)[O-])cc1N=Nc1c(C(C)(C)C)nc2c(C)cccn12. The van der Waals surface area contributed by atoms with Gasteiger partial charge in [-0.05, 0) is 31.0 Å². The van der Waals surface area contributed by atoms with E-state index in [1.807, 2.05) is 36.6 Å². The van der Waals surface area contributed by atoms with Crippen LogP contribution in [0.1, 0.15) is 37.6 Å². The molecule has 0 unspecified atom stereocenters. The predicted molar refractivity (Wildman–Crippen MR) is 101 cm³/mol. The topological polar surface area (TPSA) is 85.2 Å². The number of azo groups is 1. The molecule has 2 heterocycles. The average Bonchev–Trinajstić information content (AvgIpc) is 2.94. The van der Waals surface area contributed by atoms with Crippen LogP contribution in [0.2, 0.25) is 0 Å². The van der Waals surface area contributed by atoms with Crippen molar-refractivity contribution >= 4 is 22.8 Å². The minimum Gasteiger partial charge on any atom is -0.283 e. The van der Waals surface area contributed by atoms with Gasteiger partial charge in [0.1, 0.15) is 5.65 Å². The molecule has 26 heavy (non-hydrogen) atoms. The van der Waals surface area contributed by atoms with E-state index in [2.05, 4.69) is 31.0 Å². The Hall–Kier alpha value is -3.09. The summed E-state index contributed by atoms with van der Waals surface area (Å²) in [6, 6.07) is 8.51. The quantitative estimate of drug-likeness (QED) is 0.351. The summed E-state index contributed by atoms with van der Waals surface area (Å²) in [5, 5.41) is 19.8. The second kappa shape index (κ2) is 6.33. The summed E-state index contributed by atoms with van der Waals surface area (Å²) in [5.41, 5.74) is 3.79. The monoisotopic (exact) mass is 351 g/mol. The molecular weight excluding hydrogens is 330 g/mol. The van der Waals surface area contributed by atoms with Crippen LogP contribution in [-0.2, 0) is 5.41 Å². The summed E-state index contributed by atoms with van der Waals surface area (Å²) < 4.78 is 1.91. The van der Waals surface area contributed by atoms with Crippen LogP contribution in [0.15, 0.2) is 46.8 Å². The van der Waals surface area contributed by atoms with Gasteiger partial charge >= 0.3 is 0 Å². The van der Waals surface area contributed by atoms with Crippen LogP contribution in [0.4, 0.5) is 17.2 Å². The zero-order chi connectivity index (χ0) is 19.1. The molecule has 0 saturated heterocycles. The molecule has 2 aromatic heterocycles. The van der Waals surface area contributed by atoms with Gasteiger partial charge in [0.15, 0.2) is 5.82 Å². The first-order valence-corrected chi connectivity index (χ1v) is 8.33. The molecule has 0 aliphatic heterocycles. The van der Waals surface area contributed by atoms with Crippen molar-refractivity contribution in [1.82, 2.24) is 9.38 Å². The number of aryl methyl sites for hydroxylation is 2. The number of aromatic nitrogens is 2. The largest absolute Gasteiger partial charge is 0.283 e. The number of nitro groups is 1. The Morgan fingerprint density at radius 3 is 2.50 bits per heavy atom. The third-order valence-corrected chi connectivity index (χ3v) is 4.19. The Kier molecular flexibility index (Phi) is 4.31. The van der Waals surface area contributed by atoms with E-state index in [1.165, 1.54) is 12.1 Å². The van der Waals surface area contributed by atoms with Gasteiger partial charge in [0, 0.05) is 23.7 Å². The van der Waals surface area contributed by atoms with Crippen molar-refractivity contribution in [3.8, 4) is 0 Å². The zero-order valence-electron chi connectivity index (χ0n) is 15.5. The molecule has 7 heteroatoms. The lowest BCUT2D eigenvalue weighted by molar-refractivity contribution is -0.384. The minimum atomic E-state index is -0.434. The van der Waals surface area contributed by atoms with Crippen LogP contribution in [0.5, 0.6) is 0 Å². The average molecular weight is 351 g/mol. The van der Waals surface area contributed by atoms with Gasteiger partial charge in [0.2, 0.25) is 0 Å². The first kappa shape index (κ1) is 17.7. The second-order valence-electron chi connectivity index (χ2n) is 7.35. The smallest absolute Gasteiger partial charge is 0.271 e. The van der Waals surface area contributed by atoms with E-state index in [0.717, 1.165) is 22.5 Å². The lowest BCUT2D eigenvalue weighted by atomic mass is 9.92. The van der Waals surface area contributed by atoms with Crippen LogP contribution in [0.25, 0.3) is 5.65 Å². The lowest BCUT2D eigenvalue weighted by Gasteiger charge is -2.15. The molecule has 3 rings (SSSR count). The minimum absolute atomic E-state index is 0.00502. The molecule has 0 saturated carbocycles. The Morgan fingerprint density at radius 1 is 1.12 bits per heavy atom. The third kappa shape index (κ3) is 3.20. The molecule has 1 aromatic carbocycles. The summed E-state index contributed by atoms with van der Waals surface area (Å²) in [5.74, 6) is 0.641. The maximum absolute atomic E-state index is 11.0. The number of fused-ring (bicyclic) bond motifs is 1.